The number of piperazine rings is 1. The molecule has 12 nitrogen and oxygen atoms in total. The molecule has 2 aromatic heterocycles. The lowest BCUT2D eigenvalue weighted by Crippen LogP contribution is -2.47. The summed E-state index contributed by atoms with van der Waals surface area (Å²) in [6.45, 7) is 5.59. The van der Waals surface area contributed by atoms with E-state index in [-0.39, 0.29) is 47.4 Å². The molecule has 268 valence electrons. The topological polar surface area (TPSA) is 137 Å². The van der Waals surface area contributed by atoms with Crippen molar-refractivity contribution >= 4 is 22.8 Å². The lowest BCUT2D eigenvalue weighted by Gasteiger charge is -2.31. The number of amides is 1. The number of aromatic nitrogens is 3. The highest BCUT2D eigenvalue weighted by Gasteiger charge is 2.30. The summed E-state index contributed by atoms with van der Waals surface area (Å²) in [7, 11) is 0. The smallest absolute Gasteiger partial charge is 0.337 e. The van der Waals surface area contributed by atoms with Crippen molar-refractivity contribution < 1.29 is 14.3 Å². The van der Waals surface area contributed by atoms with Crippen LogP contribution in [0, 0.1) is 5.82 Å². The quantitative estimate of drug-likeness (QED) is 0.253. The van der Waals surface area contributed by atoms with E-state index in [1.165, 1.54) is 14.8 Å². The van der Waals surface area contributed by atoms with Gasteiger partial charge in [0.2, 0.25) is 5.91 Å². The Morgan fingerprint density at radius 1 is 1.06 bits per heavy atom. The Hall–Kier alpha value is -5.40. The molecule has 1 atom stereocenters. The molecule has 8 rings (SSSR count). The first-order chi connectivity index (χ1) is 25.2. The molecule has 4 aliphatic rings. The molecule has 3 aliphatic heterocycles. The molecule has 1 amide bonds. The van der Waals surface area contributed by atoms with E-state index in [2.05, 4.69) is 33.5 Å². The minimum Gasteiger partial charge on any atom is -0.508 e. The number of rotatable bonds is 8. The summed E-state index contributed by atoms with van der Waals surface area (Å²) >= 11 is 0. The van der Waals surface area contributed by atoms with Crippen LogP contribution in [0.3, 0.4) is 0 Å². The van der Waals surface area contributed by atoms with Crippen LogP contribution in [0.25, 0.3) is 27.8 Å². The van der Waals surface area contributed by atoms with Gasteiger partial charge >= 0.3 is 5.69 Å². The average Bonchev–Trinajstić information content (AvgIpc) is 3.57. The second-order valence-electron chi connectivity index (χ2n) is 14.1. The van der Waals surface area contributed by atoms with E-state index in [1.807, 2.05) is 41.3 Å². The van der Waals surface area contributed by atoms with Crippen LogP contribution in [0.15, 0.2) is 93.2 Å². The summed E-state index contributed by atoms with van der Waals surface area (Å²) in [5.41, 5.74) is 3.09. The Morgan fingerprint density at radius 2 is 1.90 bits per heavy atom. The molecule has 0 spiro atoms. The number of pyridine rings is 1. The van der Waals surface area contributed by atoms with Crippen LogP contribution in [-0.4, -0.2) is 85.6 Å². The standard InChI is InChI=1S/C39H41FN8O4/c1-24-4-2-7-35-44-29(22-46(24)35)20-42-28-8-10-30(11-9-28)48-38(51)34-18-27(40)19-43-37(34)47(39(48)52)31-6-3-5-25(16-31)33-13-12-32(49)17-26(33)21-45-15-14-41-36(50)23-45/h2-7,12-13,16-19,28-30,42,49H,8-11,14-15,20-23H2,1H3,(H,41,50)/t28-,29?,30+. The molecule has 1 saturated carbocycles. The van der Waals surface area contributed by atoms with Gasteiger partial charge in [-0.3, -0.25) is 24.0 Å². The van der Waals surface area contributed by atoms with Crippen LogP contribution in [0.2, 0.25) is 0 Å². The fourth-order valence-electron chi connectivity index (χ4n) is 7.98. The van der Waals surface area contributed by atoms with Gasteiger partial charge in [0.15, 0.2) is 5.65 Å². The summed E-state index contributed by atoms with van der Waals surface area (Å²) in [6, 6.07) is 13.6. The minimum atomic E-state index is -0.657. The first-order valence-electron chi connectivity index (χ1n) is 17.9. The van der Waals surface area contributed by atoms with Crippen LogP contribution in [-0.2, 0) is 11.3 Å². The van der Waals surface area contributed by atoms with E-state index in [0.29, 0.717) is 38.2 Å². The van der Waals surface area contributed by atoms with E-state index >= 15 is 0 Å². The molecule has 3 N–H and O–H groups in total. The third-order valence-electron chi connectivity index (χ3n) is 10.6. The second kappa shape index (κ2) is 14.0. The Kier molecular flexibility index (Phi) is 9.06. The molecule has 0 bridgehead atoms. The van der Waals surface area contributed by atoms with Gasteiger partial charge in [-0.2, -0.15) is 0 Å². The fourth-order valence-corrected chi connectivity index (χ4v) is 7.98. The summed E-state index contributed by atoms with van der Waals surface area (Å²) in [5.74, 6) is 0.395. The molecule has 1 unspecified atom stereocenters. The first kappa shape index (κ1) is 33.7. The van der Waals surface area contributed by atoms with Crippen LogP contribution in [0.4, 0.5) is 4.39 Å². The lowest BCUT2D eigenvalue weighted by molar-refractivity contribution is -0.124. The zero-order valence-electron chi connectivity index (χ0n) is 29.0. The van der Waals surface area contributed by atoms with Gasteiger partial charge < -0.3 is 20.6 Å². The SMILES string of the molecule is CC1=CC=CC2=NC(CN[C@H]3CC[C@@H](n4c(=O)c5cc(F)cnc5n(-c5cccc(-c6ccc(O)cc6CN6CCNC(=O)C6)c5)c4=O)CC3)CN12. The van der Waals surface area contributed by atoms with E-state index in [4.69, 9.17) is 4.99 Å². The highest BCUT2D eigenvalue weighted by molar-refractivity contribution is 5.97. The molecule has 2 fully saturated rings. The summed E-state index contributed by atoms with van der Waals surface area (Å²) in [4.78, 5) is 53.8. The van der Waals surface area contributed by atoms with Gasteiger partial charge in [0.05, 0.1) is 29.9 Å². The molecular weight excluding hydrogens is 663 g/mol. The number of nitrogens with one attached hydrogen (secondary N) is 2. The van der Waals surface area contributed by atoms with Crippen molar-refractivity contribution in [2.75, 3.05) is 32.7 Å². The number of carbonyl (C=O) groups excluding carboxylic acids is 1. The number of fused-ring (bicyclic) bond motifs is 2. The highest BCUT2D eigenvalue weighted by atomic mass is 19.1. The Morgan fingerprint density at radius 3 is 2.71 bits per heavy atom. The fraction of sp³-hybridized carbons (Fsp3) is 0.359. The lowest BCUT2D eigenvalue weighted by atomic mass is 9.90. The molecule has 5 heterocycles. The zero-order chi connectivity index (χ0) is 35.9. The van der Waals surface area contributed by atoms with Gasteiger partial charge in [-0.25, -0.2) is 18.7 Å². The van der Waals surface area contributed by atoms with E-state index in [9.17, 15) is 23.9 Å². The van der Waals surface area contributed by atoms with Gasteiger partial charge in [-0.05, 0) is 91.8 Å². The molecule has 13 heteroatoms. The van der Waals surface area contributed by atoms with Gasteiger partial charge in [-0.1, -0.05) is 24.3 Å². The molecular formula is C39H41FN8O4. The molecule has 52 heavy (non-hydrogen) atoms. The number of amidine groups is 1. The van der Waals surface area contributed by atoms with Crippen LogP contribution >= 0.6 is 0 Å². The van der Waals surface area contributed by atoms with Crippen molar-refractivity contribution in [3.63, 3.8) is 0 Å². The third-order valence-corrected chi connectivity index (χ3v) is 10.6. The van der Waals surface area contributed by atoms with E-state index < -0.39 is 17.1 Å². The maximum absolute atomic E-state index is 14.6. The largest absolute Gasteiger partial charge is 0.508 e. The predicted octanol–water partition coefficient (Wildman–Crippen LogP) is 3.62. The Balaban J connectivity index is 1.07. The maximum Gasteiger partial charge on any atom is 0.337 e. The van der Waals surface area contributed by atoms with Crippen LogP contribution in [0.5, 0.6) is 5.75 Å². The number of phenols is 1. The minimum absolute atomic E-state index is 0.0363. The van der Waals surface area contributed by atoms with Crippen molar-refractivity contribution in [2.45, 2.75) is 57.3 Å². The number of aliphatic imine (C=N–C) groups is 1. The number of nitrogens with zero attached hydrogens (tertiary/aromatic N) is 6. The van der Waals surface area contributed by atoms with E-state index in [1.54, 1.807) is 18.2 Å². The zero-order valence-corrected chi connectivity index (χ0v) is 29.0. The first-order valence-corrected chi connectivity index (χ1v) is 17.9. The summed E-state index contributed by atoms with van der Waals surface area (Å²) < 4.78 is 17.3. The molecule has 1 aliphatic carbocycles. The van der Waals surface area contributed by atoms with Gasteiger partial charge in [0, 0.05) is 50.5 Å². The van der Waals surface area contributed by atoms with Gasteiger partial charge in [0.1, 0.15) is 17.4 Å². The normalized spacial score (nSPS) is 21.9. The third kappa shape index (κ3) is 6.57. The Bertz CT molecular complexity index is 2270. The molecule has 4 aromatic rings. The van der Waals surface area contributed by atoms with Crippen molar-refractivity contribution in [2.24, 2.45) is 4.99 Å². The molecule has 1 saturated heterocycles. The predicted molar refractivity (Wildman–Crippen MR) is 197 cm³/mol. The van der Waals surface area contributed by atoms with Gasteiger partial charge in [0.25, 0.3) is 5.56 Å². The van der Waals surface area contributed by atoms with Crippen LogP contribution < -0.4 is 21.9 Å². The van der Waals surface area contributed by atoms with Crippen molar-refractivity contribution in [1.29, 1.82) is 0 Å². The molecule has 2 aromatic carbocycles. The number of hydrogen-bond acceptors (Lipinski definition) is 9. The summed E-state index contributed by atoms with van der Waals surface area (Å²) in [5, 5.41) is 16.9. The number of aromatic hydroxyl groups is 1. The monoisotopic (exact) mass is 704 g/mol. The highest BCUT2D eigenvalue weighted by Crippen LogP contribution is 2.31. The number of hydrogen-bond donors (Lipinski definition) is 3. The number of halogens is 1. The van der Waals surface area contributed by atoms with Crippen LogP contribution in [0.1, 0.15) is 44.2 Å². The van der Waals surface area contributed by atoms with Gasteiger partial charge in [-0.15, -0.1) is 0 Å². The Labute approximate surface area is 299 Å². The van der Waals surface area contributed by atoms with Crippen molar-refractivity contribution in [3.05, 3.63) is 111 Å². The summed E-state index contributed by atoms with van der Waals surface area (Å²) in [6.07, 6.45) is 9.95. The van der Waals surface area contributed by atoms with Crippen molar-refractivity contribution in [3.8, 4) is 22.6 Å². The van der Waals surface area contributed by atoms with Crippen molar-refractivity contribution in [1.82, 2.24) is 34.6 Å². The van der Waals surface area contributed by atoms with E-state index in [0.717, 1.165) is 60.7 Å². The molecule has 0 radical (unpaired) electrons. The second-order valence-corrected chi connectivity index (χ2v) is 14.1. The number of allylic oxidation sites excluding steroid dienone is 3. The number of phenolic OH excluding ortho intramolecular Hbond substituents is 1. The maximum atomic E-state index is 14.6. The number of carbonyl (C=O) groups is 1. The number of benzene rings is 2. The average molecular weight is 705 g/mol.